The van der Waals surface area contributed by atoms with Crippen LogP contribution in [0.4, 0.5) is 0 Å². The van der Waals surface area contributed by atoms with Crippen LogP contribution >= 0.6 is 12.6 Å². The molecule has 1 aromatic rings. The fraction of sp³-hybridized carbons (Fsp3) is 0.529. The first kappa shape index (κ1) is 16.9. The summed E-state index contributed by atoms with van der Waals surface area (Å²) >= 11 is 4.30. The van der Waals surface area contributed by atoms with E-state index in [4.69, 9.17) is 5.11 Å². The maximum atomic E-state index is 12.4. The van der Waals surface area contributed by atoms with Crippen molar-refractivity contribution >= 4 is 24.5 Å². The number of hydrogen-bond acceptors (Lipinski definition) is 3. The van der Waals surface area contributed by atoms with Crippen LogP contribution in [0.1, 0.15) is 31.2 Å². The minimum absolute atomic E-state index is 0.0186. The van der Waals surface area contributed by atoms with Gasteiger partial charge in [0.2, 0.25) is 5.91 Å². The molecule has 1 aromatic carbocycles. The zero-order chi connectivity index (χ0) is 15.9. The van der Waals surface area contributed by atoms with Crippen LogP contribution in [-0.4, -0.2) is 28.8 Å². The lowest BCUT2D eigenvalue weighted by Crippen LogP contribution is -2.43. The van der Waals surface area contributed by atoms with Crippen LogP contribution < -0.4 is 5.32 Å². The van der Waals surface area contributed by atoms with Gasteiger partial charge in [0.25, 0.3) is 0 Å². The predicted octanol–water partition coefficient (Wildman–Crippen LogP) is 2.53. The standard InChI is InChI=1S/C17H23NO3S/c19-16(14(11-22)9-12-5-2-1-3-6-12)18-15-8-4-7-13(10-15)17(20)21/h1-3,5-6,13-15,22H,4,7-11H2,(H,18,19)(H,20,21)/t13-,14?,15+/m0/s1. The van der Waals surface area contributed by atoms with Crippen molar-refractivity contribution in [2.45, 2.75) is 38.1 Å². The molecule has 1 amide bonds. The molecule has 120 valence electrons. The van der Waals surface area contributed by atoms with Gasteiger partial charge in [0.15, 0.2) is 0 Å². The van der Waals surface area contributed by atoms with E-state index in [0.717, 1.165) is 18.4 Å². The van der Waals surface area contributed by atoms with E-state index in [2.05, 4.69) is 17.9 Å². The Morgan fingerprint density at radius 1 is 1.27 bits per heavy atom. The van der Waals surface area contributed by atoms with E-state index < -0.39 is 5.97 Å². The van der Waals surface area contributed by atoms with Crippen molar-refractivity contribution in [3.63, 3.8) is 0 Å². The monoisotopic (exact) mass is 321 g/mol. The van der Waals surface area contributed by atoms with E-state index in [1.807, 2.05) is 30.3 Å². The van der Waals surface area contributed by atoms with Crippen molar-refractivity contribution in [1.29, 1.82) is 0 Å². The third-order valence-electron chi connectivity index (χ3n) is 4.29. The summed E-state index contributed by atoms with van der Waals surface area (Å²) < 4.78 is 0. The lowest BCUT2D eigenvalue weighted by Gasteiger charge is -2.28. The molecule has 1 aliphatic carbocycles. The largest absolute Gasteiger partial charge is 0.481 e. The van der Waals surface area contributed by atoms with Crippen LogP contribution in [0.3, 0.4) is 0 Å². The van der Waals surface area contributed by atoms with E-state index in [1.165, 1.54) is 0 Å². The maximum absolute atomic E-state index is 12.4. The van der Waals surface area contributed by atoms with Crippen molar-refractivity contribution in [3.8, 4) is 0 Å². The topological polar surface area (TPSA) is 66.4 Å². The molecule has 1 aliphatic rings. The van der Waals surface area contributed by atoms with E-state index in [-0.39, 0.29) is 23.8 Å². The lowest BCUT2D eigenvalue weighted by molar-refractivity contribution is -0.143. The Morgan fingerprint density at radius 2 is 2.00 bits per heavy atom. The second-order valence-electron chi connectivity index (χ2n) is 5.98. The molecule has 22 heavy (non-hydrogen) atoms. The summed E-state index contributed by atoms with van der Waals surface area (Å²) in [6.07, 6.45) is 3.62. The van der Waals surface area contributed by atoms with Crippen LogP contribution in [0.2, 0.25) is 0 Å². The molecule has 0 bridgehead atoms. The Kier molecular flexibility index (Phi) is 6.31. The summed E-state index contributed by atoms with van der Waals surface area (Å²) in [5, 5.41) is 12.1. The SMILES string of the molecule is O=C(N[C@@H]1CCC[C@H](C(=O)O)C1)C(CS)Cc1ccccc1. The minimum Gasteiger partial charge on any atom is -0.481 e. The molecule has 3 atom stereocenters. The number of carboxylic acids is 1. The highest BCUT2D eigenvalue weighted by Crippen LogP contribution is 2.25. The number of thiol groups is 1. The van der Waals surface area contributed by atoms with E-state index in [0.29, 0.717) is 25.0 Å². The molecular formula is C17H23NO3S. The Hall–Kier alpha value is -1.49. The van der Waals surface area contributed by atoms with Gasteiger partial charge in [-0.05, 0) is 31.2 Å². The number of carboxylic acid groups (broad SMARTS) is 1. The Bertz CT molecular complexity index is 506. The van der Waals surface area contributed by atoms with Gasteiger partial charge >= 0.3 is 5.97 Å². The normalized spacial score (nSPS) is 22.8. The molecule has 0 aliphatic heterocycles. The van der Waals surface area contributed by atoms with Crippen molar-refractivity contribution in [2.75, 3.05) is 5.75 Å². The number of aliphatic carboxylic acids is 1. The van der Waals surface area contributed by atoms with Gasteiger partial charge in [-0.15, -0.1) is 0 Å². The Labute approximate surface area is 136 Å². The molecular weight excluding hydrogens is 298 g/mol. The number of hydrogen-bond donors (Lipinski definition) is 3. The minimum atomic E-state index is -0.756. The molecule has 0 radical (unpaired) electrons. The number of rotatable bonds is 6. The summed E-state index contributed by atoms with van der Waals surface area (Å²) in [5.74, 6) is -0.807. The smallest absolute Gasteiger partial charge is 0.306 e. The third kappa shape index (κ3) is 4.77. The van der Waals surface area contributed by atoms with Crippen molar-refractivity contribution in [1.82, 2.24) is 5.32 Å². The average molecular weight is 321 g/mol. The van der Waals surface area contributed by atoms with Gasteiger partial charge in [-0.3, -0.25) is 9.59 Å². The van der Waals surface area contributed by atoms with Gasteiger partial charge in [-0.25, -0.2) is 0 Å². The Balaban J connectivity index is 1.90. The number of nitrogens with one attached hydrogen (secondary N) is 1. The van der Waals surface area contributed by atoms with Gasteiger partial charge in [-0.1, -0.05) is 36.8 Å². The number of carbonyl (C=O) groups excluding carboxylic acids is 1. The first-order chi connectivity index (χ1) is 10.6. The van der Waals surface area contributed by atoms with Crippen molar-refractivity contribution in [2.24, 2.45) is 11.8 Å². The van der Waals surface area contributed by atoms with Crippen LogP contribution in [-0.2, 0) is 16.0 Å². The van der Waals surface area contributed by atoms with Gasteiger partial charge in [0.05, 0.1) is 11.8 Å². The third-order valence-corrected chi connectivity index (χ3v) is 4.73. The average Bonchev–Trinajstić information content (AvgIpc) is 2.53. The van der Waals surface area contributed by atoms with Crippen LogP contribution in [0.15, 0.2) is 30.3 Å². The predicted molar refractivity (Wildman–Crippen MR) is 89.0 cm³/mol. The summed E-state index contributed by atoms with van der Waals surface area (Å²) in [6, 6.07) is 9.85. The first-order valence-electron chi connectivity index (χ1n) is 7.78. The molecule has 0 heterocycles. The second-order valence-corrected chi connectivity index (χ2v) is 6.34. The second kappa shape index (κ2) is 8.22. The zero-order valence-electron chi connectivity index (χ0n) is 12.6. The lowest BCUT2D eigenvalue weighted by atomic mass is 9.85. The van der Waals surface area contributed by atoms with Crippen LogP contribution in [0.5, 0.6) is 0 Å². The molecule has 0 aromatic heterocycles. The summed E-state index contributed by atoms with van der Waals surface area (Å²) in [7, 11) is 0. The molecule has 2 rings (SSSR count). The maximum Gasteiger partial charge on any atom is 0.306 e. The summed E-state index contributed by atoms with van der Waals surface area (Å²) in [5.41, 5.74) is 1.11. The van der Waals surface area contributed by atoms with E-state index in [9.17, 15) is 9.59 Å². The highest BCUT2D eigenvalue weighted by Gasteiger charge is 2.29. The van der Waals surface area contributed by atoms with Gasteiger partial charge in [-0.2, -0.15) is 12.6 Å². The number of amides is 1. The van der Waals surface area contributed by atoms with Gasteiger partial charge < -0.3 is 10.4 Å². The van der Waals surface area contributed by atoms with Crippen LogP contribution in [0, 0.1) is 11.8 Å². The fourth-order valence-corrected chi connectivity index (χ4v) is 3.30. The highest BCUT2D eigenvalue weighted by atomic mass is 32.1. The van der Waals surface area contributed by atoms with Crippen molar-refractivity contribution in [3.05, 3.63) is 35.9 Å². The molecule has 1 saturated carbocycles. The van der Waals surface area contributed by atoms with Crippen LogP contribution in [0.25, 0.3) is 0 Å². The van der Waals surface area contributed by atoms with Gasteiger partial charge in [0, 0.05) is 11.8 Å². The van der Waals surface area contributed by atoms with Gasteiger partial charge in [0.1, 0.15) is 0 Å². The molecule has 1 unspecified atom stereocenters. The molecule has 0 spiro atoms. The number of carbonyl (C=O) groups is 2. The number of benzene rings is 1. The molecule has 5 heteroatoms. The highest BCUT2D eigenvalue weighted by molar-refractivity contribution is 7.80. The van der Waals surface area contributed by atoms with E-state index in [1.54, 1.807) is 0 Å². The fourth-order valence-electron chi connectivity index (χ4n) is 3.00. The summed E-state index contributed by atoms with van der Waals surface area (Å²) in [4.78, 5) is 23.5. The van der Waals surface area contributed by atoms with E-state index >= 15 is 0 Å². The van der Waals surface area contributed by atoms with Crippen molar-refractivity contribution < 1.29 is 14.7 Å². The first-order valence-corrected chi connectivity index (χ1v) is 8.41. The quantitative estimate of drug-likeness (QED) is 0.705. The molecule has 1 fully saturated rings. The molecule has 4 nitrogen and oxygen atoms in total. The Morgan fingerprint density at radius 3 is 2.64 bits per heavy atom. The molecule has 2 N–H and O–H groups in total. The molecule has 0 saturated heterocycles. The summed E-state index contributed by atoms with van der Waals surface area (Å²) in [6.45, 7) is 0. The zero-order valence-corrected chi connectivity index (χ0v) is 13.5.